The van der Waals surface area contributed by atoms with Crippen molar-refractivity contribution >= 4 is 17.4 Å². The fourth-order valence-electron chi connectivity index (χ4n) is 2.98. The van der Waals surface area contributed by atoms with Crippen LogP contribution in [0.4, 0.5) is 17.6 Å². The lowest BCUT2D eigenvalue weighted by atomic mass is 10.1. The van der Waals surface area contributed by atoms with Crippen molar-refractivity contribution in [1.29, 1.82) is 0 Å². The summed E-state index contributed by atoms with van der Waals surface area (Å²) in [6, 6.07) is 2.16. The van der Waals surface area contributed by atoms with Gasteiger partial charge in [-0.15, -0.1) is 11.8 Å². The van der Waals surface area contributed by atoms with Gasteiger partial charge in [-0.25, -0.2) is 28.1 Å². The Hall–Kier alpha value is -3.21. The van der Waals surface area contributed by atoms with Crippen LogP contribution in [-0.4, -0.2) is 30.6 Å². The molecule has 0 aliphatic rings. The van der Waals surface area contributed by atoms with Gasteiger partial charge in [0.1, 0.15) is 24.0 Å². The Bertz CT molecular complexity index is 1340. The SMILES string of the molecule is CC.CCC.CSc1cc(F)c(Cc2nc(-c3ncc(F)c(=O)[nH]3)cn3c(CF)cnc23)cc1F. The van der Waals surface area contributed by atoms with Crippen LogP contribution >= 0.6 is 11.8 Å². The normalized spacial score (nSPS) is 10.4. The number of fused-ring (bicyclic) bond motifs is 1. The number of thioether (sulfide) groups is 1. The maximum atomic E-state index is 14.5. The molecule has 4 rings (SSSR count). The van der Waals surface area contributed by atoms with Crippen LogP contribution in [0.5, 0.6) is 0 Å². The number of benzene rings is 1. The van der Waals surface area contributed by atoms with Crippen molar-refractivity contribution in [2.24, 2.45) is 0 Å². The Morgan fingerprint density at radius 2 is 1.71 bits per heavy atom. The van der Waals surface area contributed by atoms with Crippen molar-refractivity contribution in [3.05, 3.63) is 75.5 Å². The Kier molecular flexibility index (Phi) is 10.4. The molecule has 0 aliphatic carbocycles. The van der Waals surface area contributed by atoms with Gasteiger partial charge in [0.25, 0.3) is 5.56 Å². The number of hydrogen-bond donors (Lipinski definition) is 1. The highest BCUT2D eigenvalue weighted by atomic mass is 32.2. The summed E-state index contributed by atoms with van der Waals surface area (Å²) in [6.07, 6.45) is 6.14. The number of alkyl halides is 1. The molecule has 3 heterocycles. The third-order valence-electron chi connectivity index (χ3n) is 4.45. The van der Waals surface area contributed by atoms with Crippen molar-refractivity contribution in [3.63, 3.8) is 0 Å². The smallest absolute Gasteiger partial charge is 0.287 e. The van der Waals surface area contributed by atoms with Crippen LogP contribution < -0.4 is 5.56 Å². The molecule has 0 bridgehead atoms. The number of aromatic nitrogens is 5. The molecule has 1 aromatic carbocycles. The van der Waals surface area contributed by atoms with Gasteiger partial charge >= 0.3 is 0 Å². The molecule has 0 spiro atoms. The van der Waals surface area contributed by atoms with E-state index >= 15 is 0 Å². The van der Waals surface area contributed by atoms with Crippen molar-refractivity contribution < 1.29 is 17.6 Å². The average Bonchev–Trinajstić information content (AvgIpc) is 3.28. The zero-order valence-electron chi connectivity index (χ0n) is 20.1. The molecule has 3 aromatic heterocycles. The number of H-pyrrole nitrogens is 1. The summed E-state index contributed by atoms with van der Waals surface area (Å²) in [5.74, 6) is -2.34. The number of aromatic amines is 1. The minimum atomic E-state index is -1.07. The van der Waals surface area contributed by atoms with Crippen molar-refractivity contribution in [2.45, 2.75) is 52.1 Å². The predicted octanol–water partition coefficient (Wildman–Crippen LogP) is 6.12. The molecule has 35 heavy (non-hydrogen) atoms. The molecule has 188 valence electrons. The van der Waals surface area contributed by atoms with Crippen molar-refractivity contribution in [1.82, 2.24) is 24.3 Å². The van der Waals surface area contributed by atoms with E-state index in [0.717, 1.165) is 30.1 Å². The van der Waals surface area contributed by atoms with Crippen LogP contribution in [-0.2, 0) is 13.1 Å². The molecule has 0 fully saturated rings. The highest BCUT2D eigenvalue weighted by Crippen LogP contribution is 2.26. The summed E-state index contributed by atoms with van der Waals surface area (Å²) in [7, 11) is 0. The topological polar surface area (TPSA) is 75.9 Å². The Morgan fingerprint density at radius 3 is 2.31 bits per heavy atom. The van der Waals surface area contributed by atoms with E-state index in [0.29, 0.717) is 0 Å². The molecule has 6 nitrogen and oxygen atoms in total. The molecule has 0 saturated heterocycles. The van der Waals surface area contributed by atoms with Gasteiger partial charge in [0, 0.05) is 17.5 Å². The first-order valence-electron chi connectivity index (χ1n) is 11.0. The molecule has 11 heteroatoms. The van der Waals surface area contributed by atoms with Crippen molar-refractivity contribution in [2.75, 3.05) is 6.26 Å². The molecular formula is C24H27F4N5OS. The minimum Gasteiger partial charge on any atom is -0.303 e. The summed E-state index contributed by atoms with van der Waals surface area (Å²) in [5, 5.41) is 0. The third kappa shape index (κ3) is 6.47. The zero-order chi connectivity index (χ0) is 26.1. The molecule has 0 saturated carbocycles. The van der Waals surface area contributed by atoms with Gasteiger partial charge in [-0.1, -0.05) is 34.1 Å². The third-order valence-corrected chi connectivity index (χ3v) is 5.21. The van der Waals surface area contributed by atoms with E-state index in [-0.39, 0.29) is 45.4 Å². The van der Waals surface area contributed by atoms with E-state index in [1.165, 1.54) is 23.2 Å². The first-order valence-corrected chi connectivity index (χ1v) is 12.2. The lowest BCUT2D eigenvalue weighted by molar-refractivity contribution is 0.473. The molecule has 0 unspecified atom stereocenters. The van der Waals surface area contributed by atoms with E-state index in [1.54, 1.807) is 6.26 Å². The number of nitrogens with zero attached hydrogens (tertiary/aromatic N) is 4. The molecular weight excluding hydrogens is 482 g/mol. The maximum absolute atomic E-state index is 14.5. The van der Waals surface area contributed by atoms with Gasteiger partial charge in [0.05, 0.1) is 23.8 Å². The highest BCUT2D eigenvalue weighted by Gasteiger charge is 2.17. The zero-order valence-corrected chi connectivity index (χ0v) is 20.9. The number of hydrogen-bond acceptors (Lipinski definition) is 5. The van der Waals surface area contributed by atoms with Crippen molar-refractivity contribution in [3.8, 4) is 11.5 Å². The lowest BCUT2D eigenvalue weighted by Gasteiger charge is -2.10. The first kappa shape index (κ1) is 28.0. The van der Waals surface area contributed by atoms with Crippen LogP contribution in [0.3, 0.4) is 0 Å². The van der Waals surface area contributed by atoms with Crippen LogP contribution in [0.2, 0.25) is 0 Å². The quantitative estimate of drug-likeness (QED) is 0.259. The molecule has 1 N–H and O–H groups in total. The van der Waals surface area contributed by atoms with Gasteiger partial charge < -0.3 is 4.98 Å². The predicted molar refractivity (Wildman–Crippen MR) is 130 cm³/mol. The number of nitrogens with one attached hydrogen (secondary N) is 1. The fraction of sp³-hybridized carbons (Fsp3) is 0.333. The van der Waals surface area contributed by atoms with Crippen LogP contribution in [0.25, 0.3) is 17.2 Å². The molecule has 0 amide bonds. The average molecular weight is 510 g/mol. The second-order valence-corrected chi connectivity index (χ2v) is 7.87. The van der Waals surface area contributed by atoms with Crippen LogP contribution in [0.15, 0.2) is 40.4 Å². The van der Waals surface area contributed by atoms with Gasteiger partial charge in [-0.05, 0) is 24.0 Å². The highest BCUT2D eigenvalue weighted by molar-refractivity contribution is 7.98. The lowest BCUT2D eigenvalue weighted by Crippen LogP contribution is -2.13. The van der Waals surface area contributed by atoms with E-state index in [9.17, 15) is 22.4 Å². The van der Waals surface area contributed by atoms with Gasteiger partial charge in [-0.3, -0.25) is 9.20 Å². The van der Waals surface area contributed by atoms with Gasteiger partial charge in [0.15, 0.2) is 11.5 Å². The largest absolute Gasteiger partial charge is 0.303 e. The Labute approximate surface area is 204 Å². The van der Waals surface area contributed by atoms with Crippen LogP contribution in [0.1, 0.15) is 51.1 Å². The van der Waals surface area contributed by atoms with E-state index in [4.69, 9.17) is 0 Å². The Morgan fingerprint density at radius 1 is 1.03 bits per heavy atom. The van der Waals surface area contributed by atoms with E-state index in [2.05, 4.69) is 33.8 Å². The van der Waals surface area contributed by atoms with Crippen LogP contribution in [0, 0.1) is 17.5 Å². The summed E-state index contributed by atoms with van der Waals surface area (Å²) in [4.78, 5) is 26.3. The number of halogens is 4. The second kappa shape index (κ2) is 13.0. The summed E-state index contributed by atoms with van der Waals surface area (Å²) < 4.78 is 56.7. The standard InChI is InChI=1S/C19H13F4N5OS.C3H8.C2H6/c1-30-16-4-11(21)9(2-12(16)22)3-14-18-25-6-10(5-20)28(18)8-15(26-14)17-24-7-13(23)19(29)27-17;1-3-2;1-2/h2,4,6-8H,3,5H2,1H3,(H,24,27,29);3H2,1-2H3;1-2H3. The first-order chi connectivity index (χ1) is 16.8. The summed E-state index contributed by atoms with van der Waals surface area (Å²) >= 11 is 1.07. The minimum absolute atomic E-state index is 0.0298. The summed E-state index contributed by atoms with van der Waals surface area (Å²) in [5.41, 5.74) is -0.255. The number of rotatable bonds is 5. The van der Waals surface area contributed by atoms with Gasteiger partial charge in [-0.2, -0.15) is 4.39 Å². The van der Waals surface area contributed by atoms with E-state index in [1.807, 2.05) is 13.8 Å². The molecule has 0 atom stereocenters. The Balaban J connectivity index is 0.000000803. The monoisotopic (exact) mass is 509 g/mol. The second-order valence-electron chi connectivity index (χ2n) is 7.02. The van der Waals surface area contributed by atoms with Gasteiger partial charge in [0.2, 0.25) is 5.82 Å². The molecule has 0 aliphatic heterocycles. The number of imidazole rings is 1. The summed E-state index contributed by atoms with van der Waals surface area (Å²) in [6.45, 7) is 7.41. The maximum Gasteiger partial charge on any atom is 0.287 e. The van der Waals surface area contributed by atoms with E-state index < -0.39 is 29.7 Å². The molecule has 0 radical (unpaired) electrons. The fourth-order valence-corrected chi connectivity index (χ4v) is 3.46. The molecule has 4 aromatic rings.